The van der Waals surface area contributed by atoms with Crippen molar-refractivity contribution in [2.24, 2.45) is 17.3 Å². The van der Waals surface area contributed by atoms with Crippen LogP contribution in [0.4, 0.5) is 0 Å². The molecule has 0 bridgehead atoms. The molecule has 32 heavy (non-hydrogen) atoms. The standard InChI is InChI=1S/C31H46S/c1-9-18-31(10-2)19-17-25(7)30(22(3)4)28(21-31)26(8)20-24(6)13-16-29(32)27-14-11-23(5)12-15-27/h11-12,14-15,22,24H,7-10,13,16-21H2,1-6H3. The Morgan fingerprint density at radius 1 is 1.12 bits per heavy atom. The Bertz CT molecular complexity index is 836. The molecule has 2 rings (SSSR count). The average molecular weight is 451 g/mol. The van der Waals surface area contributed by atoms with Crippen molar-refractivity contribution in [2.75, 3.05) is 0 Å². The van der Waals surface area contributed by atoms with Crippen molar-refractivity contribution in [3.8, 4) is 0 Å². The second kappa shape index (κ2) is 12.1. The van der Waals surface area contributed by atoms with E-state index in [0.29, 0.717) is 17.3 Å². The number of benzene rings is 1. The molecule has 0 aliphatic heterocycles. The van der Waals surface area contributed by atoms with Crippen LogP contribution in [0.15, 0.2) is 59.7 Å². The smallest absolute Gasteiger partial charge is 0.0224 e. The van der Waals surface area contributed by atoms with Crippen LogP contribution in [0, 0.1) is 24.2 Å². The van der Waals surface area contributed by atoms with Crippen LogP contribution in [0.5, 0.6) is 0 Å². The maximum Gasteiger partial charge on any atom is 0.0224 e. The van der Waals surface area contributed by atoms with Gasteiger partial charge in [-0.25, -0.2) is 0 Å². The van der Waals surface area contributed by atoms with Crippen molar-refractivity contribution >= 4 is 17.1 Å². The molecule has 0 amide bonds. The molecule has 1 heteroatoms. The van der Waals surface area contributed by atoms with Gasteiger partial charge in [0.2, 0.25) is 0 Å². The van der Waals surface area contributed by atoms with Crippen molar-refractivity contribution in [1.29, 1.82) is 0 Å². The minimum Gasteiger partial charge on any atom is -0.0955 e. The normalized spacial score (nSPS) is 20.4. The van der Waals surface area contributed by atoms with E-state index < -0.39 is 0 Å². The Hall–Kier alpha value is -1.47. The van der Waals surface area contributed by atoms with Crippen LogP contribution < -0.4 is 0 Å². The molecule has 1 aliphatic rings. The Kier molecular flexibility index (Phi) is 10.1. The Labute approximate surface area is 204 Å². The van der Waals surface area contributed by atoms with Gasteiger partial charge < -0.3 is 0 Å². The lowest BCUT2D eigenvalue weighted by Crippen LogP contribution is -2.20. The van der Waals surface area contributed by atoms with Gasteiger partial charge in [-0.2, -0.15) is 0 Å². The fraction of sp³-hybridized carbons (Fsp3) is 0.581. The van der Waals surface area contributed by atoms with Gasteiger partial charge in [-0.1, -0.05) is 114 Å². The zero-order valence-electron chi connectivity index (χ0n) is 21.7. The van der Waals surface area contributed by atoms with Crippen LogP contribution in [0.2, 0.25) is 0 Å². The van der Waals surface area contributed by atoms with E-state index in [2.05, 4.69) is 79.0 Å². The minimum absolute atomic E-state index is 0.406. The Morgan fingerprint density at radius 2 is 1.78 bits per heavy atom. The fourth-order valence-corrected chi connectivity index (χ4v) is 5.78. The highest BCUT2D eigenvalue weighted by molar-refractivity contribution is 7.80. The van der Waals surface area contributed by atoms with Crippen LogP contribution in [0.3, 0.4) is 0 Å². The van der Waals surface area contributed by atoms with Gasteiger partial charge in [0.1, 0.15) is 0 Å². The topological polar surface area (TPSA) is 0 Å². The van der Waals surface area contributed by atoms with Crippen LogP contribution in [-0.4, -0.2) is 4.86 Å². The summed E-state index contributed by atoms with van der Waals surface area (Å²) < 4.78 is 0. The Morgan fingerprint density at radius 3 is 2.34 bits per heavy atom. The molecule has 0 heterocycles. The highest BCUT2D eigenvalue weighted by atomic mass is 32.1. The van der Waals surface area contributed by atoms with Gasteiger partial charge in [0, 0.05) is 4.86 Å². The summed E-state index contributed by atoms with van der Waals surface area (Å²) >= 11 is 5.74. The molecular weight excluding hydrogens is 404 g/mol. The Balaban J connectivity index is 2.14. The summed E-state index contributed by atoms with van der Waals surface area (Å²) in [5.41, 5.74) is 8.63. The van der Waals surface area contributed by atoms with Crippen LogP contribution >= 0.6 is 12.2 Å². The molecule has 0 spiro atoms. The lowest BCUT2D eigenvalue weighted by atomic mass is 9.71. The molecule has 2 atom stereocenters. The predicted octanol–water partition coefficient (Wildman–Crippen LogP) is 9.96. The van der Waals surface area contributed by atoms with E-state index in [0.717, 1.165) is 30.5 Å². The first-order valence-electron chi connectivity index (χ1n) is 12.8. The third kappa shape index (κ3) is 7.01. The van der Waals surface area contributed by atoms with Gasteiger partial charge in [-0.15, -0.1) is 0 Å². The van der Waals surface area contributed by atoms with Gasteiger partial charge in [0.25, 0.3) is 0 Å². The van der Waals surface area contributed by atoms with Crippen LogP contribution in [-0.2, 0) is 0 Å². The van der Waals surface area contributed by atoms with Gasteiger partial charge in [-0.05, 0) is 85.8 Å². The number of allylic oxidation sites excluding steroid dienone is 4. The van der Waals surface area contributed by atoms with E-state index in [1.807, 2.05) is 0 Å². The van der Waals surface area contributed by atoms with Crippen LogP contribution in [0.25, 0.3) is 0 Å². The van der Waals surface area contributed by atoms with E-state index in [1.165, 1.54) is 65.5 Å². The molecule has 0 saturated heterocycles. The van der Waals surface area contributed by atoms with Gasteiger partial charge in [0.05, 0.1) is 0 Å². The van der Waals surface area contributed by atoms with E-state index in [-0.39, 0.29) is 0 Å². The summed E-state index contributed by atoms with van der Waals surface area (Å²) in [6.45, 7) is 23.0. The number of aryl methyl sites for hydroxylation is 1. The molecule has 2 unspecified atom stereocenters. The van der Waals surface area contributed by atoms with Crippen molar-refractivity contribution in [3.05, 3.63) is 70.8 Å². The quantitative estimate of drug-likeness (QED) is 0.239. The lowest BCUT2D eigenvalue weighted by molar-refractivity contribution is 0.228. The number of thiocarbonyl (C=S) groups is 1. The molecule has 1 aromatic rings. The van der Waals surface area contributed by atoms with Crippen molar-refractivity contribution in [1.82, 2.24) is 0 Å². The minimum atomic E-state index is 0.406. The van der Waals surface area contributed by atoms with Gasteiger partial charge in [-0.3, -0.25) is 0 Å². The molecule has 0 aromatic heterocycles. The highest BCUT2D eigenvalue weighted by Gasteiger charge is 2.34. The van der Waals surface area contributed by atoms with E-state index in [1.54, 1.807) is 0 Å². The lowest BCUT2D eigenvalue weighted by Gasteiger charge is -2.33. The van der Waals surface area contributed by atoms with Gasteiger partial charge in [0.15, 0.2) is 0 Å². The molecule has 0 radical (unpaired) electrons. The zero-order valence-corrected chi connectivity index (χ0v) is 22.5. The second-order valence-corrected chi connectivity index (χ2v) is 11.2. The molecule has 0 fully saturated rings. The summed E-state index contributed by atoms with van der Waals surface area (Å²) in [5.74, 6) is 1.08. The first kappa shape index (κ1) is 26.8. The first-order chi connectivity index (χ1) is 15.1. The van der Waals surface area contributed by atoms with Crippen molar-refractivity contribution < 1.29 is 0 Å². The fourth-order valence-electron chi connectivity index (χ4n) is 5.52. The number of rotatable bonds is 11. The van der Waals surface area contributed by atoms with E-state index >= 15 is 0 Å². The molecule has 176 valence electrons. The average Bonchev–Trinajstić information content (AvgIpc) is 2.90. The molecule has 0 nitrogen and oxygen atoms in total. The third-order valence-electron chi connectivity index (χ3n) is 7.58. The largest absolute Gasteiger partial charge is 0.0955 e. The first-order valence-corrected chi connectivity index (χ1v) is 13.2. The maximum absolute atomic E-state index is 5.74. The third-order valence-corrected chi connectivity index (χ3v) is 8.02. The summed E-state index contributed by atoms with van der Waals surface area (Å²) in [5, 5.41) is 0. The zero-order chi connectivity index (χ0) is 23.9. The summed E-state index contributed by atoms with van der Waals surface area (Å²) in [4.78, 5) is 1.08. The summed E-state index contributed by atoms with van der Waals surface area (Å²) in [6, 6.07) is 8.64. The van der Waals surface area contributed by atoms with E-state index in [4.69, 9.17) is 12.2 Å². The summed E-state index contributed by atoms with van der Waals surface area (Å²) in [7, 11) is 0. The molecule has 0 saturated carbocycles. The summed E-state index contributed by atoms with van der Waals surface area (Å²) in [6.07, 6.45) is 10.5. The highest BCUT2D eigenvalue weighted by Crippen LogP contribution is 2.48. The second-order valence-electron chi connectivity index (χ2n) is 10.7. The number of hydrogen-bond donors (Lipinski definition) is 0. The molecule has 1 aromatic carbocycles. The molecule has 1 aliphatic carbocycles. The maximum atomic E-state index is 5.74. The number of hydrogen-bond acceptors (Lipinski definition) is 1. The van der Waals surface area contributed by atoms with Crippen LogP contribution in [0.1, 0.15) is 104 Å². The van der Waals surface area contributed by atoms with E-state index in [9.17, 15) is 0 Å². The van der Waals surface area contributed by atoms with Gasteiger partial charge >= 0.3 is 0 Å². The molecule has 0 N–H and O–H groups in total. The monoisotopic (exact) mass is 450 g/mol. The van der Waals surface area contributed by atoms with Crippen molar-refractivity contribution in [3.63, 3.8) is 0 Å². The molecular formula is C31H46S. The SMILES string of the molecule is C=C(CC(C)CCC(=S)c1ccc(C)cc1)C1=C(C(C)C)C(=C)CCC(CC)(CCC)C1. The van der Waals surface area contributed by atoms with Crippen molar-refractivity contribution in [2.45, 2.75) is 99.3 Å². The predicted molar refractivity (Wildman–Crippen MR) is 148 cm³/mol.